The zero-order valence-electron chi connectivity index (χ0n) is 23.6. The van der Waals surface area contributed by atoms with Crippen molar-refractivity contribution in [1.82, 2.24) is 9.55 Å². The smallest absolute Gasteiger partial charge is 0.416 e. The number of aromatic nitrogens is 2. The second kappa shape index (κ2) is 12.9. The van der Waals surface area contributed by atoms with E-state index in [1.54, 1.807) is 13.0 Å². The van der Waals surface area contributed by atoms with Crippen molar-refractivity contribution in [3.8, 4) is 22.7 Å². The lowest BCUT2D eigenvalue weighted by Crippen LogP contribution is -2.31. The van der Waals surface area contributed by atoms with E-state index in [1.165, 1.54) is 53.5 Å². The number of anilines is 2. The van der Waals surface area contributed by atoms with Gasteiger partial charge in [-0.2, -0.15) is 31.3 Å². The zero-order chi connectivity index (χ0) is 33.2. The third-order valence-corrected chi connectivity index (χ3v) is 7.47. The summed E-state index contributed by atoms with van der Waals surface area (Å²) in [6, 6.07) is 11.7. The van der Waals surface area contributed by atoms with Crippen molar-refractivity contribution in [2.24, 2.45) is 4.99 Å². The summed E-state index contributed by atoms with van der Waals surface area (Å²) in [5.74, 6) is -1.46. The van der Waals surface area contributed by atoms with E-state index in [2.05, 4.69) is 15.3 Å². The molecule has 3 amide bonds. The minimum absolute atomic E-state index is 0.0128. The summed E-state index contributed by atoms with van der Waals surface area (Å²) in [6.07, 6.45) is -7.28. The largest absolute Gasteiger partial charge is 0.491 e. The number of amidine groups is 1. The Balaban J connectivity index is 1.30. The highest BCUT2D eigenvalue weighted by Crippen LogP contribution is 2.36. The number of rotatable bonds is 7. The van der Waals surface area contributed by atoms with E-state index in [-0.39, 0.29) is 28.0 Å². The first-order chi connectivity index (χ1) is 21.7. The normalized spacial score (nSPS) is 14.7. The summed E-state index contributed by atoms with van der Waals surface area (Å²) in [6.45, 7) is 1.01. The highest BCUT2D eigenvalue weighted by atomic mass is 32.2. The number of halogens is 7. The van der Waals surface area contributed by atoms with Crippen LogP contribution in [0.15, 0.2) is 78.2 Å². The van der Waals surface area contributed by atoms with E-state index in [0.29, 0.717) is 22.5 Å². The minimum Gasteiger partial charge on any atom is -0.491 e. The molecule has 240 valence electrons. The van der Waals surface area contributed by atoms with Gasteiger partial charge in [-0.25, -0.2) is 14.2 Å². The number of carbonyl (C=O) groups is 2. The Morgan fingerprint density at radius 1 is 1.04 bits per heavy atom. The zero-order valence-corrected chi connectivity index (χ0v) is 24.4. The average molecular weight is 666 g/mol. The second-order valence-corrected chi connectivity index (χ2v) is 10.9. The molecule has 0 atom stereocenters. The van der Waals surface area contributed by atoms with Gasteiger partial charge in [-0.1, -0.05) is 23.9 Å². The lowest BCUT2D eigenvalue weighted by Gasteiger charge is -2.20. The van der Waals surface area contributed by atoms with Crippen LogP contribution in [0, 0.1) is 12.7 Å². The van der Waals surface area contributed by atoms with Gasteiger partial charge in [0.15, 0.2) is 5.17 Å². The molecule has 46 heavy (non-hydrogen) atoms. The molecule has 16 heteroatoms. The average Bonchev–Trinajstić information content (AvgIpc) is 3.61. The Bertz CT molecular complexity index is 1800. The molecule has 0 saturated carbocycles. The fourth-order valence-corrected chi connectivity index (χ4v) is 5.18. The standard InChI is InChI=1S/C30H22F7N5O3S/c1-17-2-9-25(45-11-10-29(32,33)34)24(12-17)42-26(43)15-46-28(42)40-27(44)39-22-8-3-18(13-21(22)31)23-14-41(16-38-23)20-6-4-19(5-7-20)30(35,36)37/h2-9,12-14,16H,10-11,15H2,1H3,(H,39,44)/b40-28-. The fourth-order valence-electron chi connectivity index (χ4n) is 4.32. The number of aryl methyl sites for hydroxylation is 1. The number of alkyl halides is 6. The molecule has 1 saturated heterocycles. The van der Waals surface area contributed by atoms with Crippen molar-refractivity contribution >= 4 is 40.2 Å². The van der Waals surface area contributed by atoms with Crippen molar-refractivity contribution in [2.45, 2.75) is 25.7 Å². The quantitative estimate of drug-likeness (QED) is 0.202. The minimum atomic E-state index is -4.48. The molecule has 1 aromatic heterocycles. The summed E-state index contributed by atoms with van der Waals surface area (Å²) in [4.78, 5) is 34.7. The summed E-state index contributed by atoms with van der Waals surface area (Å²) >= 11 is 0.911. The van der Waals surface area contributed by atoms with Crippen LogP contribution in [0.4, 0.5) is 46.9 Å². The molecule has 0 unspecified atom stereocenters. The van der Waals surface area contributed by atoms with Crippen molar-refractivity contribution in [3.63, 3.8) is 0 Å². The lowest BCUT2D eigenvalue weighted by atomic mass is 10.1. The number of urea groups is 1. The number of aliphatic imine (C=N–C) groups is 1. The van der Waals surface area contributed by atoms with E-state index in [0.717, 1.165) is 34.9 Å². The Labute approximate surface area is 260 Å². The first kappa shape index (κ1) is 32.5. The third kappa shape index (κ3) is 7.67. The van der Waals surface area contributed by atoms with Crippen LogP contribution in [0.5, 0.6) is 5.75 Å². The summed E-state index contributed by atoms with van der Waals surface area (Å²) in [5.41, 5.74) is 0.744. The van der Waals surface area contributed by atoms with Crippen LogP contribution in [0.1, 0.15) is 17.5 Å². The number of carbonyl (C=O) groups excluding carboxylic acids is 2. The highest BCUT2D eigenvalue weighted by molar-refractivity contribution is 8.15. The van der Waals surface area contributed by atoms with Gasteiger partial charge in [0.25, 0.3) is 0 Å². The van der Waals surface area contributed by atoms with Crippen LogP contribution in [-0.2, 0) is 11.0 Å². The predicted octanol–water partition coefficient (Wildman–Crippen LogP) is 8.00. The van der Waals surface area contributed by atoms with Crippen LogP contribution in [-0.4, -0.2) is 45.2 Å². The highest BCUT2D eigenvalue weighted by Gasteiger charge is 2.34. The van der Waals surface area contributed by atoms with Crippen molar-refractivity contribution in [2.75, 3.05) is 22.6 Å². The van der Waals surface area contributed by atoms with Gasteiger partial charge in [-0.3, -0.25) is 9.69 Å². The molecule has 1 N–H and O–H groups in total. The molecule has 1 aliphatic rings. The van der Waals surface area contributed by atoms with Crippen molar-refractivity contribution < 1.29 is 45.1 Å². The van der Waals surface area contributed by atoms with Gasteiger partial charge >= 0.3 is 18.4 Å². The molecule has 8 nitrogen and oxygen atoms in total. The molecular weight excluding hydrogens is 643 g/mol. The molecule has 0 aliphatic carbocycles. The van der Waals surface area contributed by atoms with E-state index in [4.69, 9.17) is 4.74 Å². The van der Waals surface area contributed by atoms with Crippen LogP contribution < -0.4 is 15.0 Å². The van der Waals surface area contributed by atoms with E-state index < -0.39 is 48.7 Å². The molecule has 4 aromatic rings. The molecule has 2 heterocycles. The van der Waals surface area contributed by atoms with Gasteiger partial charge < -0.3 is 14.6 Å². The Kier molecular flexibility index (Phi) is 9.10. The summed E-state index contributed by atoms with van der Waals surface area (Å²) in [5, 5.41) is 2.22. The third-order valence-electron chi connectivity index (χ3n) is 6.54. The van der Waals surface area contributed by atoms with Crippen molar-refractivity contribution in [3.05, 3.63) is 90.1 Å². The van der Waals surface area contributed by atoms with E-state index in [1.807, 2.05) is 0 Å². The van der Waals surface area contributed by atoms with E-state index >= 15 is 4.39 Å². The maximum Gasteiger partial charge on any atom is 0.416 e. The molecule has 0 radical (unpaired) electrons. The number of nitrogens with zero attached hydrogens (tertiary/aromatic N) is 4. The van der Waals surface area contributed by atoms with Crippen LogP contribution in [0.25, 0.3) is 16.9 Å². The Morgan fingerprint density at radius 2 is 1.78 bits per heavy atom. The number of benzene rings is 3. The number of hydrogen-bond donors (Lipinski definition) is 1. The van der Waals surface area contributed by atoms with Gasteiger partial charge in [0.1, 0.15) is 11.6 Å². The molecular formula is C30H22F7N5O3S. The van der Waals surface area contributed by atoms with E-state index in [9.17, 15) is 35.9 Å². The maximum absolute atomic E-state index is 15.0. The summed E-state index contributed by atoms with van der Waals surface area (Å²) in [7, 11) is 0. The number of thioether (sulfide) groups is 1. The fraction of sp³-hybridized carbons (Fsp3) is 0.200. The predicted molar refractivity (Wildman–Crippen MR) is 158 cm³/mol. The maximum atomic E-state index is 15.0. The SMILES string of the molecule is Cc1ccc(OCCC(F)(F)F)c(N2C(=O)CS/C2=N\C(=O)Nc2ccc(-c3cn(-c4ccc(C(F)(F)F)cc4)cn3)cc2F)c1. The van der Waals surface area contributed by atoms with Crippen LogP contribution in [0.3, 0.4) is 0 Å². The molecule has 5 rings (SSSR count). The first-order valence-corrected chi connectivity index (χ1v) is 14.3. The number of amides is 3. The molecule has 1 fully saturated rings. The Hall–Kier alpha value is -4.86. The first-order valence-electron chi connectivity index (χ1n) is 13.3. The molecule has 0 bridgehead atoms. The van der Waals surface area contributed by atoms with Crippen molar-refractivity contribution in [1.29, 1.82) is 0 Å². The van der Waals surface area contributed by atoms with Gasteiger partial charge in [0, 0.05) is 17.4 Å². The number of imidazole rings is 1. The topological polar surface area (TPSA) is 88.8 Å². The summed E-state index contributed by atoms with van der Waals surface area (Å²) < 4.78 is 98.3. The number of nitrogens with one attached hydrogen (secondary N) is 1. The molecule has 1 aliphatic heterocycles. The molecule has 3 aromatic carbocycles. The van der Waals surface area contributed by atoms with Gasteiger partial charge in [-0.15, -0.1) is 0 Å². The Morgan fingerprint density at radius 3 is 2.46 bits per heavy atom. The lowest BCUT2D eigenvalue weighted by molar-refractivity contribution is -0.139. The van der Waals surface area contributed by atoms with Gasteiger partial charge in [-0.05, 0) is 61.0 Å². The van der Waals surface area contributed by atoms with Crippen LogP contribution in [0.2, 0.25) is 0 Å². The number of ether oxygens (including phenoxy) is 1. The van der Waals surface area contributed by atoms with Gasteiger partial charge in [0.2, 0.25) is 5.91 Å². The monoisotopic (exact) mass is 665 g/mol. The molecule has 0 spiro atoms. The van der Waals surface area contributed by atoms with Crippen LogP contribution >= 0.6 is 11.8 Å². The van der Waals surface area contributed by atoms with Gasteiger partial charge in [0.05, 0.1) is 47.7 Å². The number of hydrogen-bond acceptors (Lipinski definition) is 5. The second-order valence-electron chi connectivity index (χ2n) is 9.93.